The van der Waals surface area contributed by atoms with E-state index in [1.807, 2.05) is 18.2 Å². The first-order valence-corrected chi connectivity index (χ1v) is 9.43. The van der Waals surface area contributed by atoms with E-state index < -0.39 is 11.4 Å². The molecule has 0 radical (unpaired) electrons. The van der Waals surface area contributed by atoms with Crippen LogP contribution in [0.1, 0.15) is 0 Å². The van der Waals surface area contributed by atoms with Crippen LogP contribution in [0.2, 0.25) is 0 Å². The maximum atomic E-state index is 4.93. The molecular weight excluding hydrogens is 404 g/mol. The average molecular weight is 409 g/mol. The van der Waals surface area contributed by atoms with Crippen molar-refractivity contribution in [3.05, 3.63) is 39.4 Å². The second-order valence-corrected chi connectivity index (χ2v) is 9.62. The number of hydrogen-bond donors (Lipinski definition) is 0. The molecule has 0 bridgehead atoms. The predicted molar refractivity (Wildman–Crippen MR) is 63.5 cm³/mol. The summed E-state index contributed by atoms with van der Waals surface area (Å²) in [5.41, 5.74) is 0. The third kappa shape index (κ3) is 13.5. The molecule has 0 aliphatic rings. The van der Waals surface area contributed by atoms with Crippen molar-refractivity contribution in [2.75, 3.05) is 0 Å². The summed E-state index contributed by atoms with van der Waals surface area (Å²) in [6.45, 7) is 0. The third-order valence-corrected chi connectivity index (χ3v) is 1.68. The Kier molecular flexibility index (Phi) is 13.1. The maximum Gasteiger partial charge on any atom is -0.693 e. The largest absolute Gasteiger partial charge is 0.693 e. The van der Waals surface area contributed by atoms with Crippen LogP contribution in [0.5, 0.6) is 0 Å². The molecule has 0 aliphatic heterocycles. The van der Waals surface area contributed by atoms with Gasteiger partial charge >= 0.3 is 41.5 Å². The number of benzene rings is 1. The molecular formula is C6H5Br2Cl3CrN-2. The van der Waals surface area contributed by atoms with Crippen molar-refractivity contribution < 1.29 is 11.4 Å². The van der Waals surface area contributed by atoms with Gasteiger partial charge in [0, 0.05) is 0 Å². The van der Waals surface area contributed by atoms with Crippen LogP contribution in [0.25, 0.3) is 6.15 Å². The molecule has 0 unspecified atom stereocenters. The molecule has 1 rings (SSSR count). The summed E-state index contributed by atoms with van der Waals surface area (Å²) < 4.78 is 2.05. The second-order valence-electron chi connectivity index (χ2n) is 1.53. The van der Waals surface area contributed by atoms with Crippen molar-refractivity contribution in [2.45, 2.75) is 0 Å². The quantitative estimate of drug-likeness (QED) is 0.486. The number of nitrogens with two attached hydrogens (primary N) is 1. The molecule has 0 saturated carbocycles. The van der Waals surface area contributed by atoms with E-state index >= 15 is 0 Å². The Balaban J connectivity index is 0. The van der Waals surface area contributed by atoms with Crippen LogP contribution in [-0.4, -0.2) is 0 Å². The van der Waals surface area contributed by atoms with E-state index in [-0.39, 0.29) is 6.15 Å². The van der Waals surface area contributed by atoms with Gasteiger partial charge in [-0.1, -0.05) is 40.8 Å². The number of hydrogen-bond acceptors (Lipinski definition) is 0. The summed E-state index contributed by atoms with van der Waals surface area (Å²) in [7, 11) is 14.8. The van der Waals surface area contributed by atoms with Crippen molar-refractivity contribution in [1.82, 2.24) is 0 Å². The van der Waals surface area contributed by atoms with E-state index in [1.54, 1.807) is 0 Å². The molecule has 0 heterocycles. The van der Waals surface area contributed by atoms with Gasteiger partial charge in [-0.25, -0.2) is 0 Å². The smallest absolute Gasteiger partial charge is 0.693 e. The van der Waals surface area contributed by atoms with Crippen molar-refractivity contribution >= 4 is 62.0 Å². The summed E-state index contributed by atoms with van der Waals surface area (Å²) in [6, 6.07) is 8.69. The van der Waals surface area contributed by atoms with Crippen LogP contribution in [0.4, 0.5) is 0 Å². The van der Waals surface area contributed by atoms with Crippen LogP contribution in [0, 0.1) is 6.07 Å². The van der Waals surface area contributed by atoms with Crippen molar-refractivity contribution in [3.63, 3.8) is 0 Å². The fraction of sp³-hybridized carbons (Fsp3) is 0. The predicted octanol–water partition coefficient (Wildman–Crippen LogP) is 5.79. The molecule has 0 aliphatic carbocycles. The molecule has 13 heavy (non-hydrogen) atoms. The number of rotatable bonds is 0. The Morgan fingerprint density at radius 1 is 1.23 bits per heavy atom. The first-order valence-electron chi connectivity index (χ1n) is 2.58. The Morgan fingerprint density at radius 2 is 1.69 bits per heavy atom. The molecule has 1 aromatic rings. The minimum absolute atomic E-state index is 0. The van der Waals surface area contributed by atoms with Crippen LogP contribution in [0.15, 0.2) is 27.1 Å². The van der Waals surface area contributed by atoms with E-state index in [1.165, 1.54) is 0 Å². The molecule has 0 saturated heterocycles. The molecule has 0 fully saturated rings. The zero-order valence-corrected chi connectivity index (χ0v) is 12.8. The summed E-state index contributed by atoms with van der Waals surface area (Å²) in [5.74, 6) is 0. The fourth-order valence-electron chi connectivity index (χ4n) is 0.412. The molecule has 0 amide bonds. The Hall–Kier alpha value is 1.54. The van der Waals surface area contributed by atoms with E-state index in [9.17, 15) is 0 Å². The average Bonchev–Trinajstić information content (AvgIpc) is 1.84. The van der Waals surface area contributed by atoms with Crippen LogP contribution in [0.3, 0.4) is 0 Å². The van der Waals surface area contributed by atoms with E-state index in [4.69, 9.17) is 30.1 Å². The summed E-state index contributed by atoms with van der Waals surface area (Å²) in [5, 5.41) is 0. The normalized spacial score (nSPS) is 8.46. The van der Waals surface area contributed by atoms with Gasteiger partial charge in [0.15, 0.2) is 0 Å². The van der Waals surface area contributed by atoms with Gasteiger partial charge in [0.05, 0.1) is 0 Å². The Bertz CT molecular complexity index is 217. The van der Waals surface area contributed by atoms with E-state index in [0.29, 0.717) is 0 Å². The Labute approximate surface area is 112 Å². The van der Waals surface area contributed by atoms with Gasteiger partial charge in [-0.3, -0.25) is 0 Å². The molecule has 0 aromatic heterocycles. The van der Waals surface area contributed by atoms with Crippen molar-refractivity contribution in [1.29, 1.82) is 0 Å². The number of halogens is 5. The third-order valence-electron chi connectivity index (χ3n) is 0.728. The first-order chi connectivity index (χ1) is 5.52. The van der Waals surface area contributed by atoms with E-state index in [2.05, 4.69) is 37.9 Å². The van der Waals surface area contributed by atoms with Gasteiger partial charge in [0.1, 0.15) is 0 Å². The van der Waals surface area contributed by atoms with Gasteiger partial charge in [-0.05, 0) is 0 Å². The minimum Gasteiger partial charge on any atom is -0.693 e. The van der Waals surface area contributed by atoms with Gasteiger partial charge in [-0.2, -0.15) is 18.2 Å². The molecule has 0 spiro atoms. The van der Waals surface area contributed by atoms with Crippen LogP contribution < -0.4 is 0 Å². The minimum atomic E-state index is -1.62. The zero-order valence-electron chi connectivity index (χ0n) is 6.11. The summed E-state index contributed by atoms with van der Waals surface area (Å²) in [4.78, 5) is 0. The van der Waals surface area contributed by atoms with Gasteiger partial charge in [0.25, 0.3) is 0 Å². The molecule has 1 nitrogen and oxygen atoms in total. The summed E-state index contributed by atoms with van der Waals surface area (Å²) in [6.07, 6.45) is 0. The molecule has 77 valence electrons. The van der Waals surface area contributed by atoms with Gasteiger partial charge < -0.3 is 6.15 Å². The Morgan fingerprint density at radius 3 is 1.92 bits per heavy atom. The molecule has 0 atom stereocenters. The van der Waals surface area contributed by atoms with Gasteiger partial charge in [-0.15, -0.1) is 6.07 Å². The monoisotopic (exact) mass is 406 g/mol. The maximum absolute atomic E-state index is 4.93. The zero-order chi connectivity index (χ0) is 9.56. The first kappa shape index (κ1) is 17.0. The standard InChI is InChI=1S/C6H3Br2.3ClH.Cr.H2N/c7-5-2-1-3-6(8)4-5;;;;;/h1-2,4H;3*1H;;1H2/q-1;;;;+3;-1/p-3. The SMILES string of the molecule is Brc1[c-]ccc(Br)c1.[Cl][Cr]([Cl])[Cl].[NH2-]. The topological polar surface area (TPSA) is 33.5 Å². The van der Waals surface area contributed by atoms with Gasteiger partial charge in [0.2, 0.25) is 0 Å². The van der Waals surface area contributed by atoms with Crippen molar-refractivity contribution in [3.8, 4) is 0 Å². The second kappa shape index (κ2) is 10.1. The van der Waals surface area contributed by atoms with Crippen molar-refractivity contribution in [2.24, 2.45) is 0 Å². The van der Waals surface area contributed by atoms with Crippen LogP contribution in [-0.2, 0) is 11.4 Å². The molecule has 1 aromatic carbocycles. The fourth-order valence-corrected chi connectivity index (χ4v) is 1.46. The molecule has 7 heteroatoms. The summed E-state index contributed by atoms with van der Waals surface area (Å²) >= 11 is 4.96. The molecule has 2 N–H and O–H groups in total. The van der Waals surface area contributed by atoms with Crippen LogP contribution >= 0.6 is 62.0 Å². The van der Waals surface area contributed by atoms with E-state index in [0.717, 1.165) is 8.95 Å².